The number of nitrogens with one attached hydrogen (secondary N) is 3. The van der Waals surface area contributed by atoms with Gasteiger partial charge in [0, 0.05) is 24.7 Å². The molecular weight excluding hydrogens is 334 g/mol. The van der Waals surface area contributed by atoms with Crippen molar-refractivity contribution >= 4 is 23.6 Å². The number of rotatable bonds is 6. The molecule has 0 unspecified atom stereocenters. The number of esters is 1. The van der Waals surface area contributed by atoms with Crippen LogP contribution in [0.4, 0.5) is 10.5 Å². The van der Waals surface area contributed by atoms with E-state index in [-0.39, 0.29) is 30.9 Å². The largest absolute Gasteiger partial charge is 0.465 e. The van der Waals surface area contributed by atoms with Gasteiger partial charge in [0.25, 0.3) is 0 Å². The predicted molar refractivity (Wildman–Crippen MR) is 99.2 cm³/mol. The SMILES string of the molecule is COC(=O)c1ccc(C)c(NC(=O)CCNC(=O)NC2CCCCC2)c1. The van der Waals surface area contributed by atoms with Crippen molar-refractivity contribution in [3.8, 4) is 0 Å². The van der Waals surface area contributed by atoms with E-state index in [4.69, 9.17) is 0 Å². The van der Waals surface area contributed by atoms with Gasteiger partial charge < -0.3 is 20.7 Å². The molecule has 1 aromatic rings. The second-order valence-electron chi connectivity index (χ2n) is 6.55. The van der Waals surface area contributed by atoms with E-state index in [9.17, 15) is 14.4 Å². The number of carbonyl (C=O) groups is 3. The quantitative estimate of drug-likeness (QED) is 0.679. The second kappa shape index (κ2) is 9.79. The molecule has 0 aromatic heterocycles. The molecular formula is C19H27N3O4. The second-order valence-corrected chi connectivity index (χ2v) is 6.55. The number of methoxy groups -OCH3 is 1. The van der Waals surface area contributed by atoms with Crippen molar-refractivity contribution in [2.75, 3.05) is 19.0 Å². The van der Waals surface area contributed by atoms with Gasteiger partial charge in [-0.1, -0.05) is 25.3 Å². The summed E-state index contributed by atoms with van der Waals surface area (Å²) in [6.45, 7) is 2.09. The van der Waals surface area contributed by atoms with E-state index in [0.717, 1.165) is 31.2 Å². The lowest BCUT2D eigenvalue weighted by Crippen LogP contribution is -2.43. The molecule has 0 aliphatic heterocycles. The first-order valence-electron chi connectivity index (χ1n) is 9.03. The van der Waals surface area contributed by atoms with E-state index in [0.29, 0.717) is 11.3 Å². The number of ether oxygens (including phenoxy) is 1. The minimum atomic E-state index is -0.457. The summed E-state index contributed by atoms with van der Waals surface area (Å²) in [5, 5.41) is 8.43. The summed E-state index contributed by atoms with van der Waals surface area (Å²) >= 11 is 0. The summed E-state index contributed by atoms with van der Waals surface area (Å²) in [7, 11) is 1.31. The number of anilines is 1. The normalized spacial score (nSPS) is 14.4. The van der Waals surface area contributed by atoms with Gasteiger partial charge in [0.1, 0.15) is 0 Å². The van der Waals surface area contributed by atoms with Crippen LogP contribution in [0.2, 0.25) is 0 Å². The topological polar surface area (TPSA) is 96.5 Å². The van der Waals surface area contributed by atoms with Gasteiger partial charge in [0.15, 0.2) is 0 Å². The highest BCUT2D eigenvalue weighted by Crippen LogP contribution is 2.18. The van der Waals surface area contributed by atoms with E-state index in [1.165, 1.54) is 13.5 Å². The number of carbonyl (C=O) groups excluding carboxylic acids is 3. The van der Waals surface area contributed by atoms with E-state index < -0.39 is 5.97 Å². The molecule has 0 radical (unpaired) electrons. The first-order chi connectivity index (χ1) is 12.5. The van der Waals surface area contributed by atoms with E-state index >= 15 is 0 Å². The highest BCUT2D eigenvalue weighted by Gasteiger charge is 2.15. The zero-order valence-electron chi connectivity index (χ0n) is 15.4. The molecule has 1 aliphatic rings. The van der Waals surface area contributed by atoms with Gasteiger partial charge in [0.2, 0.25) is 5.91 Å². The maximum absolute atomic E-state index is 12.1. The molecule has 0 bridgehead atoms. The molecule has 7 heteroatoms. The lowest BCUT2D eigenvalue weighted by molar-refractivity contribution is -0.116. The minimum absolute atomic E-state index is 0.153. The van der Waals surface area contributed by atoms with Crippen LogP contribution in [0.1, 0.15) is 54.4 Å². The molecule has 0 spiro atoms. The number of aryl methyl sites for hydroxylation is 1. The van der Waals surface area contributed by atoms with Crippen molar-refractivity contribution < 1.29 is 19.1 Å². The van der Waals surface area contributed by atoms with Crippen molar-refractivity contribution in [3.63, 3.8) is 0 Å². The zero-order valence-corrected chi connectivity index (χ0v) is 15.4. The lowest BCUT2D eigenvalue weighted by atomic mass is 9.96. The highest BCUT2D eigenvalue weighted by molar-refractivity contribution is 5.95. The van der Waals surface area contributed by atoms with Crippen molar-refractivity contribution in [2.24, 2.45) is 0 Å². The molecule has 3 amide bonds. The molecule has 142 valence electrons. The number of hydrogen-bond acceptors (Lipinski definition) is 4. The van der Waals surface area contributed by atoms with Gasteiger partial charge in [0.05, 0.1) is 12.7 Å². The van der Waals surface area contributed by atoms with Gasteiger partial charge in [-0.25, -0.2) is 9.59 Å². The predicted octanol–water partition coefficient (Wildman–Crippen LogP) is 2.74. The molecule has 2 rings (SSSR count). The lowest BCUT2D eigenvalue weighted by Gasteiger charge is -2.22. The zero-order chi connectivity index (χ0) is 18.9. The minimum Gasteiger partial charge on any atom is -0.465 e. The van der Waals surface area contributed by atoms with Crippen LogP contribution in [0.3, 0.4) is 0 Å². The first-order valence-corrected chi connectivity index (χ1v) is 9.03. The molecule has 0 atom stereocenters. The molecule has 26 heavy (non-hydrogen) atoms. The molecule has 1 aliphatic carbocycles. The molecule has 7 nitrogen and oxygen atoms in total. The number of amides is 3. The summed E-state index contributed by atoms with van der Waals surface area (Å²) in [5.74, 6) is -0.686. The third kappa shape index (κ3) is 6.06. The summed E-state index contributed by atoms with van der Waals surface area (Å²) < 4.78 is 4.68. The van der Waals surface area contributed by atoms with E-state index in [2.05, 4.69) is 20.7 Å². The third-order valence-corrected chi connectivity index (χ3v) is 4.51. The fourth-order valence-corrected chi connectivity index (χ4v) is 2.99. The molecule has 3 N–H and O–H groups in total. The molecule has 0 heterocycles. The highest BCUT2D eigenvalue weighted by atomic mass is 16.5. The van der Waals surface area contributed by atoms with Gasteiger partial charge in [-0.3, -0.25) is 4.79 Å². The summed E-state index contributed by atoms with van der Waals surface area (Å²) in [4.78, 5) is 35.5. The smallest absolute Gasteiger partial charge is 0.337 e. The van der Waals surface area contributed by atoms with Gasteiger partial charge in [-0.2, -0.15) is 0 Å². The number of benzene rings is 1. The molecule has 1 saturated carbocycles. The van der Waals surface area contributed by atoms with Crippen LogP contribution in [0.15, 0.2) is 18.2 Å². The van der Waals surface area contributed by atoms with Crippen LogP contribution < -0.4 is 16.0 Å². The van der Waals surface area contributed by atoms with Crippen LogP contribution in [0.5, 0.6) is 0 Å². The van der Waals surface area contributed by atoms with Crippen LogP contribution in [-0.4, -0.2) is 37.6 Å². The first kappa shape index (κ1) is 19.8. The summed E-state index contributed by atoms with van der Waals surface area (Å²) in [5.41, 5.74) is 1.77. The summed E-state index contributed by atoms with van der Waals surface area (Å²) in [6.07, 6.45) is 5.72. The Hall–Kier alpha value is -2.57. The van der Waals surface area contributed by atoms with Gasteiger partial charge >= 0.3 is 12.0 Å². The Kier molecular flexibility index (Phi) is 7.44. The fraction of sp³-hybridized carbons (Fsp3) is 0.526. The van der Waals surface area contributed by atoms with Crippen molar-refractivity contribution in [1.29, 1.82) is 0 Å². The van der Waals surface area contributed by atoms with Crippen molar-refractivity contribution in [2.45, 2.75) is 51.5 Å². The van der Waals surface area contributed by atoms with E-state index in [1.807, 2.05) is 6.92 Å². The van der Waals surface area contributed by atoms with Gasteiger partial charge in [-0.05, 0) is 37.5 Å². The Bertz CT molecular complexity index is 654. The molecule has 1 fully saturated rings. The van der Waals surface area contributed by atoms with Crippen LogP contribution in [0.25, 0.3) is 0 Å². The van der Waals surface area contributed by atoms with Crippen LogP contribution >= 0.6 is 0 Å². The average Bonchev–Trinajstić information content (AvgIpc) is 2.63. The van der Waals surface area contributed by atoms with Crippen molar-refractivity contribution in [3.05, 3.63) is 29.3 Å². The third-order valence-electron chi connectivity index (χ3n) is 4.51. The number of hydrogen-bond donors (Lipinski definition) is 3. The monoisotopic (exact) mass is 361 g/mol. The Morgan fingerprint density at radius 1 is 1.15 bits per heavy atom. The van der Waals surface area contributed by atoms with Crippen LogP contribution in [0, 0.1) is 6.92 Å². The summed E-state index contributed by atoms with van der Waals surface area (Å²) in [6, 6.07) is 4.99. The molecule has 1 aromatic carbocycles. The maximum atomic E-state index is 12.1. The molecule has 0 saturated heterocycles. The number of urea groups is 1. The average molecular weight is 361 g/mol. The van der Waals surface area contributed by atoms with Crippen LogP contribution in [-0.2, 0) is 9.53 Å². The maximum Gasteiger partial charge on any atom is 0.337 e. The Morgan fingerprint density at radius 3 is 2.58 bits per heavy atom. The Balaban J connectivity index is 1.76. The fourth-order valence-electron chi connectivity index (χ4n) is 2.99. The van der Waals surface area contributed by atoms with E-state index in [1.54, 1.807) is 18.2 Å². The van der Waals surface area contributed by atoms with Gasteiger partial charge in [-0.15, -0.1) is 0 Å². The standard InChI is InChI=1S/C19H27N3O4/c1-13-8-9-14(18(24)26-2)12-16(13)22-17(23)10-11-20-19(25)21-15-6-4-3-5-7-15/h8-9,12,15H,3-7,10-11H2,1-2H3,(H,22,23)(H2,20,21,25). The Labute approximate surface area is 153 Å². The van der Waals surface area contributed by atoms with Crippen molar-refractivity contribution in [1.82, 2.24) is 10.6 Å². The Morgan fingerprint density at radius 2 is 1.88 bits per heavy atom.